The standard InChI is InChI=1S/C20H39N3O3.HI/c1-3-12-26-20(9-5-4-6-10-20)17-23-19(21-2)22-11-7-13-24-15-18-8-14-25-16-18;/h18H,3-17H2,1-2H3,(H2,21,22,23);1H. The monoisotopic (exact) mass is 497 g/mol. The Bertz CT molecular complexity index is 398. The summed E-state index contributed by atoms with van der Waals surface area (Å²) in [7, 11) is 1.83. The van der Waals surface area contributed by atoms with Crippen LogP contribution in [0.2, 0.25) is 0 Å². The number of hydrogen-bond donors (Lipinski definition) is 2. The summed E-state index contributed by atoms with van der Waals surface area (Å²) in [6.45, 7) is 8.07. The first kappa shape index (κ1) is 24.9. The van der Waals surface area contributed by atoms with Crippen LogP contribution in [0.15, 0.2) is 4.99 Å². The molecule has 7 heteroatoms. The van der Waals surface area contributed by atoms with Gasteiger partial charge in [-0.25, -0.2) is 0 Å². The van der Waals surface area contributed by atoms with Crippen molar-refractivity contribution in [3.63, 3.8) is 0 Å². The Morgan fingerprint density at radius 2 is 2.00 bits per heavy atom. The summed E-state index contributed by atoms with van der Waals surface area (Å²) >= 11 is 0. The van der Waals surface area contributed by atoms with E-state index in [9.17, 15) is 0 Å². The predicted molar refractivity (Wildman–Crippen MR) is 121 cm³/mol. The van der Waals surface area contributed by atoms with Gasteiger partial charge >= 0.3 is 0 Å². The Morgan fingerprint density at radius 1 is 1.19 bits per heavy atom. The Hall–Kier alpha value is -0.120. The summed E-state index contributed by atoms with van der Waals surface area (Å²) in [5.74, 6) is 1.45. The van der Waals surface area contributed by atoms with Crippen molar-refractivity contribution in [2.24, 2.45) is 10.9 Å². The van der Waals surface area contributed by atoms with Crippen LogP contribution >= 0.6 is 24.0 Å². The molecular formula is C20H40IN3O3. The molecule has 1 saturated carbocycles. The van der Waals surface area contributed by atoms with Gasteiger partial charge in [0.25, 0.3) is 0 Å². The number of aliphatic imine (C=N–C) groups is 1. The topological polar surface area (TPSA) is 64.1 Å². The van der Waals surface area contributed by atoms with Gasteiger partial charge in [0.1, 0.15) is 0 Å². The molecule has 0 amide bonds. The molecule has 1 aliphatic heterocycles. The first-order valence-electron chi connectivity index (χ1n) is 10.5. The Balaban J connectivity index is 0.00000364. The maximum absolute atomic E-state index is 6.25. The van der Waals surface area contributed by atoms with E-state index in [0.717, 1.165) is 84.2 Å². The number of hydrogen-bond acceptors (Lipinski definition) is 4. The lowest BCUT2D eigenvalue weighted by atomic mass is 9.84. The third-order valence-electron chi connectivity index (χ3n) is 5.31. The van der Waals surface area contributed by atoms with Gasteiger partial charge in [-0.2, -0.15) is 0 Å². The van der Waals surface area contributed by atoms with Gasteiger partial charge < -0.3 is 24.8 Å². The highest BCUT2D eigenvalue weighted by molar-refractivity contribution is 14.0. The molecule has 2 aliphatic rings. The SMILES string of the molecule is CCCOC1(CNC(=NC)NCCCOCC2CCOC2)CCCCC1.I. The van der Waals surface area contributed by atoms with Gasteiger partial charge in [0.15, 0.2) is 5.96 Å². The Labute approximate surface area is 182 Å². The van der Waals surface area contributed by atoms with Gasteiger partial charge in [0.05, 0.1) is 18.8 Å². The number of rotatable bonds is 11. The number of nitrogens with one attached hydrogen (secondary N) is 2. The summed E-state index contributed by atoms with van der Waals surface area (Å²) in [6.07, 6.45) is 9.34. The largest absolute Gasteiger partial charge is 0.381 e. The van der Waals surface area contributed by atoms with Crippen molar-refractivity contribution in [3.8, 4) is 0 Å². The molecule has 2 N–H and O–H groups in total. The first-order chi connectivity index (χ1) is 12.8. The fraction of sp³-hybridized carbons (Fsp3) is 0.950. The van der Waals surface area contributed by atoms with Crippen LogP contribution in [0.5, 0.6) is 0 Å². The minimum absolute atomic E-state index is 0. The summed E-state index contributed by atoms with van der Waals surface area (Å²) in [4.78, 5) is 4.35. The van der Waals surface area contributed by atoms with E-state index in [4.69, 9.17) is 14.2 Å². The fourth-order valence-corrected chi connectivity index (χ4v) is 3.70. The van der Waals surface area contributed by atoms with Crippen LogP contribution in [0.1, 0.15) is 58.3 Å². The smallest absolute Gasteiger partial charge is 0.191 e. The highest BCUT2D eigenvalue weighted by atomic mass is 127. The van der Waals surface area contributed by atoms with E-state index < -0.39 is 0 Å². The first-order valence-corrected chi connectivity index (χ1v) is 10.5. The van der Waals surface area contributed by atoms with Crippen molar-refractivity contribution in [1.29, 1.82) is 0 Å². The maximum atomic E-state index is 6.25. The van der Waals surface area contributed by atoms with Gasteiger partial charge in [-0.05, 0) is 32.1 Å². The molecule has 1 saturated heterocycles. The zero-order valence-electron chi connectivity index (χ0n) is 17.3. The lowest BCUT2D eigenvalue weighted by molar-refractivity contribution is -0.0657. The highest BCUT2D eigenvalue weighted by Crippen LogP contribution is 2.31. The van der Waals surface area contributed by atoms with Gasteiger partial charge in [-0.1, -0.05) is 26.2 Å². The van der Waals surface area contributed by atoms with Crippen molar-refractivity contribution >= 4 is 29.9 Å². The van der Waals surface area contributed by atoms with E-state index in [1.54, 1.807) is 0 Å². The Kier molecular flexibility index (Phi) is 13.7. The van der Waals surface area contributed by atoms with Gasteiger partial charge in [0.2, 0.25) is 0 Å². The molecule has 0 aromatic rings. The molecule has 6 nitrogen and oxygen atoms in total. The molecule has 2 fully saturated rings. The minimum atomic E-state index is -0.0155. The van der Waals surface area contributed by atoms with E-state index in [-0.39, 0.29) is 29.6 Å². The van der Waals surface area contributed by atoms with Gasteiger partial charge in [-0.15, -0.1) is 24.0 Å². The summed E-state index contributed by atoms with van der Waals surface area (Å²) in [5, 5.41) is 6.87. The molecule has 1 atom stereocenters. The van der Waals surface area contributed by atoms with Gasteiger partial charge in [-0.3, -0.25) is 4.99 Å². The molecule has 1 unspecified atom stereocenters. The van der Waals surface area contributed by atoms with Crippen LogP contribution in [-0.4, -0.2) is 64.7 Å². The van der Waals surface area contributed by atoms with Crippen LogP contribution in [0.25, 0.3) is 0 Å². The number of ether oxygens (including phenoxy) is 3. The van der Waals surface area contributed by atoms with E-state index >= 15 is 0 Å². The highest BCUT2D eigenvalue weighted by Gasteiger charge is 2.32. The second kappa shape index (κ2) is 14.8. The molecule has 2 rings (SSSR count). The molecule has 0 radical (unpaired) electrons. The van der Waals surface area contributed by atoms with Crippen LogP contribution in [0, 0.1) is 5.92 Å². The lowest BCUT2D eigenvalue weighted by Crippen LogP contribution is -2.49. The van der Waals surface area contributed by atoms with Crippen LogP contribution < -0.4 is 10.6 Å². The lowest BCUT2D eigenvalue weighted by Gasteiger charge is -2.37. The van der Waals surface area contributed by atoms with E-state index in [1.807, 2.05) is 7.05 Å². The van der Waals surface area contributed by atoms with Crippen LogP contribution in [0.3, 0.4) is 0 Å². The van der Waals surface area contributed by atoms with E-state index in [2.05, 4.69) is 22.5 Å². The predicted octanol–water partition coefficient (Wildman–Crippen LogP) is 3.34. The van der Waals surface area contributed by atoms with Crippen molar-refractivity contribution < 1.29 is 14.2 Å². The average molecular weight is 497 g/mol. The summed E-state index contributed by atoms with van der Waals surface area (Å²) in [5.41, 5.74) is -0.0155. The van der Waals surface area contributed by atoms with Crippen molar-refractivity contribution in [2.75, 3.05) is 53.2 Å². The molecule has 0 bridgehead atoms. The van der Waals surface area contributed by atoms with Crippen molar-refractivity contribution in [3.05, 3.63) is 0 Å². The van der Waals surface area contributed by atoms with Crippen LogP contribution in [-0.2, 0) is 14.2 Å². The fourth-order valence-electron chi connectivity index (χ4n) is 3.70. The van der Waals surface area contributed by atoms with Crippen molar-refractivity contribution in [1.82, 2.24) is 10.6 Å². The summed E-state index contributed by atoms with van der Waals surface area (Å²) in [6, 6.07) is 0. The number of nitrogens with zero attached hydrogens (tertiary/aromatic N) is 1. The minimum Gasteiger partial charge on any atom is -0.381 e. The average Bonchev–Trinajstić information content (AvgIpc) is 3.19. The third kappa shape index (κ3) is 9.76. The molecule has 1 heterocycles. The number of halogens is 1. The zero-order valence-corrected chi connectivity index (χ0v) is 19.6. The molecule has 27 heavy (non-hydrogen) atoms. The molecule has 0 spiro atoms. The van der Waals surface area contributed by atoms with E-state index in [1.165, 1.54) is 19.3 Å². The normalized spacial score (nSPS) is 22.3. The summed E-state index contributed by atoms with van der Waals surface area (Å²) < 4.78 is 17.4. The molecule has 1 aliphatic carbocycles. The second-order valence-electron chi connectivity index (χ2n) is 7.60. The quantitative estimate of drug-likeness (QED) is 0.199. The molecule has 0 aromatic carbocycles. The zero-order chi connectivity index (χ0) is 18.5. The van der Waals surface area contributed by atoms with E-state index in [0.29, 0.717) is 5.92 Å². The second-order valence-corrected chi connectivity index (χ2v) is 7.60. The van der Waals surface area contributed by atoms with Crippen LogP contribution in [0.4, 0.5) is 0 Å². The van der Waals surface area contributed by atoms with Gasteiger partial charge in [0, 0.05) is 45.9 Å². The van der Waals surface area contributed by atoms with Crippen molar-refractivity contribution in [2.45, 2.75) is 63.9 Å². The molecule has 160 valence electrons. The molecular weight excluding hydrogens is 457 g/mol. The molecule has 0 aromatic heterocycles. The number of guanidine groups is 1. The maximum Gasteiger partial charge on any atom is 0.191 e. The Morgan fingerprint density at radius 3 is 2.67 bits per heavy atom. The third-order valence-corrected chi connectivity index (χ3v) is 5.31.